The second-order valence-electron chi connectivity index (χ2n) is 9.88. The van der Waals surface area contributed by atoms with Crippen LogP contribution in [0.2, 0.25) is 5.02 Å². The lowest BCUT2D eigenvalue weighted by atomic mass is 10.0. The Morgan fingerprint density at radius 2 is 1.55 bits per heavy atom. The SMILES string of the molecule is CCNC(=O)C(Cc1ccccc1)N(Cc1ccccc1F)C(=O)CN(c1ccc(Cl)cc1)S(=O)(=O)c1ccc(OC)cc1. The molecule has 11 heteroatoms. The molecule has 0 bridgehead atoms. The number of likely N-dealkylation sites (N-methyl/N-ethyl adjacent to an activating group) is 1. The molecule has 0 heterocycles. The molecule has 1 atom stereocenters. The Hall–Kier alpha value is -4.41. The number of rotatable bonds is 13. The lowest BCUT2D eigenvalue weighted by molar-refractivity contribution is -0.140. The molecule has 0 fully saturated rings. The van der Waals surface area contributed by atoms with E-state index in [9.17, 15) is 22.4 Å². The van der Waals surface area contributed by atoms with Crippen molar-refractivity contribution in [1.29, 1.82) is 0 Å². The van der Waals surface area contributed by atoms with Crippen molar-refractivity contribution in [2.45, 2.75) is 30.8 Å². The first-order valence-electron chi connectivity index (χ1n) is 13.9. The van der Waals surface area contributed by atoms with Crippen molar-refractivity contribution < 1.29 is 27.1 Å². The van der Waals surface area contributed by atoms with E-state index in [0.29, 0.717) is 17.3 Å². The number of hydrogen-bond acceptors (Lipinski definition) is 5. The van der Waals surface area contributed by atoms with Gasteiger partial charge in [-0.1, -0.05) is 60.1 Å². The summed E-state index contributed by atoms with van der Waals surface area (Å²) in [5, 5.41) is 3.15. The van der Waals surface area contributed by atoms with Crippen molar-refractivity contribution in [1.82, 2.24) is 10.2 Å². The molecule has 230 valence electrons. The van der Waals surface area contributed by atoms with Crippen LogP contribution < -0.4 is 14.4 Å². The summed E-state index contributed by atoms with van der Waals surface area (Å²) in [6, 6.07) is 25.8. The number of nitrogens with one attached hydrogen (secondary N) is 1. The first kappa shape index (κ1) is 32.5. The lowest BCUT2D eigenvalue weighted by Crippen LogP contribution is -2.53. The number of carbonyl (C=O) groups is 2. The van der Waals surface area contributed by atoms with Crippen molar-refractivity contribution in [2.24, 2.45) is 0 Å². The van der Waals surface area contributed by atoms with E-state index >= 15 is 0 Å². The number of hydrogen-bond donors (Lipinski definition) is 1. The average Bonchev–Trinajstić information content (AvgIpc) is 3.03. The summed E-state index contributed by atoms with van der Waals surface area (Å²) in [4.78, 5) is 28.9. The van der Waals surface area contributed by atoms with Crippen LogP contribution in [0.15, 0.2) is 108 Å². The van der Waals surface area contributed by atoms with Crippen molar-refractivity contribution in [2.75, 3.05) is 24.5 Å². The van der Waals surface area contributed by atoms with E-state index in [1.807, 2.05) is 30.3 Å². The van der Waals surface area contributed by atoms with Crippen LogP contribution in [0.3, 0.4) is 0 Å². The topological polar surface area (TPSA) is 96.0 Å². The molecule has 0 saturated carbocycles. The Balaban J connectivity index is 1.80. The van der Waals surface area contributed by atoms with Gasteiger partial charge >= 0.3 is 0 Å². The molecule has 0 spiro atoms. The van der Waals surface area contributed by atoms with E-state index in [0.717, 1.165) is 9.87 Å². The monoisotopic (exact) mass is 637 g/mol. The molecule has 8 nitrogen and oxygen atoms in total. The second-order valence-corrected chi connectivity index (χ2v) is 12.2. The average molecular weight is 638 g/mol. The van der Waals surface area contributed by atoms with Gasteiger partial charge in [0.25, 0.3) is 10.0 Å². The van der Waals surface area contributed by atoms with Gasteiger partial charge in [-0.3, -0.25) is 13.9 Å². The third kappa shape index (κ3) is 7.94. The molecule has 44 heavy (non-hydrogen) atoms. The third-order valence-corrected chi connectivity index (χ3v) is 9.00. The van der Waals surface area contributed by atoms with Crippen LogP contribution in [0, 0.1) is 5.82 Å². The predicted octanol–water partition coefficient (Wildman–Crippen LogP) is 5.46. The fourth-order valence-electron chi connectivity index (χ4n) is 4.67. The van der Waals surface area contributed by atoms with E-state index in [4.69, 9.17) is 16.3 Å². The third-order valence-electron chi connectivity index (χ3n) is 6.96. The molecule has 0 aliphatic carbocycles. The maximum Gasteiger partial charge on any atom is 0.264 e. The molecule has 1 N–H and O–H groups in total. The number of methoxy groups -OCH3 is 1. The van der Waals surface area contributed by atoms with Crippen LogP contribution in [0.1, 0.15) is 18.1 Å². The van der Waals surface area contributed by atoms with Crippen LogP contribution >= 0.6 is 11.6 Å². The van der Waals surface area contributed by atoms with Gasteiger partial charge in [0.2, 0.25) is 11.8 Å². The highest BCUT2D eigenvalue weighted by atomic mass is 35.5. The predicted molar refractivity (Wildman–Crippen MR) is 169 cm³/mol. The Bertz CT molecular complexity index is 1670. The second kappa shape index (κ2) is 14.9. The molecule has 0 aliphatic heterocycles. The minimum absolute atomic E-state index is 0.0775. The molecule has 4 aromatic rings. The summed E-state index contributed by atoms with van der Waals surface area (Å²) in [5.41, 5.74) is 1.14. The van der Waals surface area contributed by atoms with Gasteiger partial charge < -0.3 is 15.0 Å². The van der Waals surface area contributed by atoms with Crippen molar-refractivity contribution in [3.8, 4) is 5.75 Å². The van der Waals surface area contributed by atoms with Crippen LogP contribution in [0.4, 0.5) is 10.1 Å². The first-order valence-corrected chi connectivity index (χ1v) is 15.7. The van der Waals surface area contributed by atoms with Crippen LogP contribution in [-0.2, 0) is 32.6 Å². The smallest absolute Gasteiger partial charge is 0.264 e. The van der Waals surface area contributed by atoms with Crippen LogP contribution in [0.25, 0.3) is 0 Å². The van der Waals surface area contributed by atoms with Gasteiger partial charge in [0.15, 0.2) is 0 Å². The van der Waals surface area contributed by atoms with Crippen LogP contribution in [-0.4, -0.2) is 51.4 Å². The standard InChI is InChI=1S/C33H33ClFN3O5S/c1-3-36-33(40)31(21-24-9-5-4-6-10-24)37(22-25-11-7-8-12-30(25)35)32(39)23-38(27-15-13-26(34)14-16-27)44(41,42)29-19-17-28(43-2)18-20-29/h4-20,31H,3,21-23H2,1-2H3,(H,36,40). The zero-order valence-corrected chi connectivity index (χ0v) is 25.9. The maximum atomic E-state index is 14.9. The molecule has 0 aromatic heterocycles. The van der Waals surface area contributed by atoms with Gasteiger partial charge in [-0.15, -0.1) is 0 Å². The van der Waals surface area contributed by atoms with Crippen molar-refractivity contribution >= 4 is 39.1 Å². The lowest BCUT2D eigenvalue weighted by Gasteiger charge is -2.34. The van der Waals surface area contributed by atoms with Gasteiger partial charge in [-0.05, 0) is 67.1 Å². The molecule has 0 radical (unpaired) electrons. The molecular weight excluding hydrogens is 605 g/mol. The van der Waals surface area contributed by atoms with Gasteiger partial charge in [0, 0.05) is 30.1 Å². The minimum Gasteiger partial charge on any atom is -0.497 e. The molecule has 2 amide bonds. The number of carbonyl (C=O) groups excluding carboxylic acids is 2. The number of benzene rings is 4. The molecule has 4 aromatic carbocycles. The number of halogens is 2. The number of ether oxygens (including phenoxy) is 1. The quantitative estimate of drug-likeness (QED) is 0.210. The Morgan fingerprint density at radius 1 is 0.909 bits per heavy atom. The number of nitrogens with zero attached hydrogens (tertiary/aromatic N) is 2. The summed E-state index contributed by atoms with van der Waals surface area (Å²) in [6.07, 6.45) is 0.124. The zero-order chi connectivity index (χ0) is 31.7. The van der Waals surface area contributed by atoms with E-state index < -0.39 is 40.2 Å². The number of anilines is 1. The summed E-state index contributed by atoms with van der Waals surface area (Å²) >= 11 is 6.09. The van der Waals surface area contributed by atoms with Crippen molar-refractivity contribution in [3.63, 3.8) is 0 Å². The molecular formula is C33H33ClFN3O5S. The normalized spacial score (nSPS) is 11.8. The minimum atomic E-state index is -4.30. The Kier molecular flexibility index (Phi) is 11.0. The Labute approximate surface area is 262 Å². The van der Waals surface area contributed by atoms with Crippen molar-refractivity contribution in [3.05, 3.63) is 125 Å². The number of sulfonamides is 1. The zero-order valence-electron chi connectivity index (χ0n) is 24.3. The van der Waals surface area contributed by atoms with E-state index in [1.54, 1.807) is 13.0 Å². The summed E-state index contributed by atoms with van der Waals surface area (Å²) in [7, 11) is -2.84. The van der Waals surface area contributed by atoms with E-state index in [1.165, 1.54) is 78.7 Å². The molecule has 0 saturated heterocycles. The molecule has 4 rings (SSSR count). The molecule has 0 aliphatic rings. The fraction of sp³-hybridized carbons (Fsp3) is 0.212. The maximum absolute atomic E-state index is 14.9. The largest absolute Gasteiger partial charge is 0.497 e. The highest BCUT2D eigenvalue weighted by molar-refractivity contribution is 7.92. The van der Waals surface area contributed by atoms with E-state index in [2.05, 4.69) is 5.32 Å². The van der Waals surface area contributed by atoms with Crippen LogP contribution in [0.5, 0.6) is 5.75 Å². The molecule has 1 unspecified atom stereocenters. The fourth-order valence-corrected chi connectivity index (χ4v) is 6.21. The van der Waals surface area contributed by atoms with Gasteiger partial charge in [-0.25, -0.2) is 12.8 Å². The van der Waals surface area contributed by atoms with Gasteiger partial charge in [-0.2, -0.15) is 0 Å². The van der Waals surface area contributed by atoms with E-state index in [-0.39, 0.29) is 29.1 Å². The Morgan fingerprint density at radius 3 is 2.16 bits per heavy atom. The first-order chi connectivity index (χ1) is 21.1. The highest BCUT2D eigenvalue weighted by Crippen LogP contribution is 2.27. The summed E-state index contributed by atoms with van der Waals surface area (Å²) in [5.74, 6) is -1.25. The number of amides is 2. The van der Waals surface area contributed by atoms with Gasteiger partial charge in [0.1, 0.15) is 24.2 Å². The van der Waals surface area contributed by atoms with Gasteiger partial charge in [0.05, 0.1) is 17.7 Å². The summed E-state index contributed by atoms with van der Waals surface area (Å²) in [6.45, 7) is 1.12. The highest BCUT2D eigenvalue weighted by Gasteiger charge is 2.35. The summed E-state index contributed by atoms with van der Waals surface area (Å²) < 4.78 is 49.1.